The molecule has 0 aliphatic carbocycles. The molecule has 5 heteroatoms. The number of imidazole rings is 1. The van der Waals surface area contributed by atoms with Gasteiger partial charge in [-0.25, -0.2) is 9.37 Å². The number of hydrogen-bond donors (Lipinski definition) is 1. The van der Waals surface area contributed by atoms with Crippen LogP contribution in [0, 0.1) is 12.7 Å². The Morgan fingerprint density at radius 1 is 1.26 bits per heavy atom. The standard InChI is InChI=1S/C14H11ClFN3/c1-8-3-2-4-12-13(8)18-14(17)19(12)11-6-5-9(15)7-10(11)16/h2-7H,1H3,(H2,17,18). The minimum Gasteiger partial charge on any atom is -0.369 e. The normalized spacial score (nSPS) is 11.1. The van der Waals surface area contributed by atoms with Gasteiger partial charge in [-0.1, -0.05) is 23.7 Å². The summed E-state index contributed by atoms with van der Waals surface area (Å²) in [7, 11) is 0. The first kappa shape index (κ1) is 12.0. The fourth-order valence-electron chi connectivity index (χ4n) is 2.17. The van der Waals surface area contributed by atoms with E-state index in [1.165, 1.54) is 6.07 Å². The number of benzene rings is 2. The van der Waals surface area contributed by atoms with E-state index in [9.17, 15) is 4.39 Å². The first-order valence-corrected chi connectivity index (χ1v) is 6.14. The average Bonchev–Trinajstić information content (AvgIpc) is 2.68. The SMILES string of the molecule is Cc1cccc2c1nc(N)n2-c1ccc(Cl)cc1F. The van der Waals surface area contributed by atoms with E-state index in [2.05, 4.69) is 4.98 Å². The summed E-state index contributed by atoms with van der Waals surface area (Å²) >= 11 is 5.77. The maximum Gasteiger partial charge on any atom is 0.206 e. The van der Waals surface area contributed by atoms with E-state index >= 15 is 0 Å². The number of aromatic nitrogens is 2. The van der Waals surface area contributed by atoms with Crippen molar-refractivity contribution in [2.24, 2.45) is 0 Å². The molecule has 0 spiro atoms. The number of rotatable bonds is 1. The highest BCUT2D eigenvalue weighted by molar-refractivity contribution is 6.30. The topological polar surface area (TPSA) is 43.8 Å². The fourth-order valence-corrected chi connectivity index (χ4v) is 2.33. The zero-order chi connectivity index (χ0) is 13.6. The van der Waals surface area contributed by atoms with Crippen molar-refractivity contribution < 1.29 is 4.39 Å². The van der Waals surface area contributed by atoms with Gasteiger partial charge in [-0.3, -0.25) is 4.57 Å². The second-order valence-corrected chi connectivity index (χ2v) is 4.78. The molecule has 1 heterocycles. The summed E-state index contributed by atoms with van der Waals surface area (Å²) in [5, 5.41) is 0.348. The molecule has 0 amide bonds. The molecule has 2 aromatic carbocycles. The molecule has 0 bridgehead atoms. The van der Waals surface area contributed by atoms with Crippen molar-refractivity contribution in [2.45, 2.75) is 6.92 Å². The van der Waals surface area contributed by atoms with Crippen molar-refractivity contribution in [1.82, 2.24) is 9.55 Å². The number of nitrogens with two attached hydrogens (primary N) is 1. The number of aryl methyl sites for hydroxylation is 1. The van der Waals surface area contributed by atoms with Crippen LogP contribution >= 0.6 is 11.6 Å². The zero-order valence-corrected chi connectivity index (χ0v) is 10.9. The number of nitrogen functional groups attached to an aromatic ring is 1. The quantitative estimate of drug-likeness (QED) is 0.736. The van der Waals surface area contributed by atoms with E-state index in [1.54, 1.807) is 16.7 Å². The highest BCUT2D eigenvalue weighted by Crippen LogP contribution is 2.27. The highest BCUT2D eigenvalue weighted by atomic mass is 35.5. The number of nitrogens with zero attached hydrogens (tertiary/aromatic N) is 2. The van der Waals surface area contributed by atoms with Crippen LogP contribution in [0.2, 0.25) is 5.02 Å². The second kappa shape index (κ2) is 4.24. The lowest BCUT2D eigenvalue weighted by Crippen LogP contribution is -2.02. The smallest absolute Gasteiger partial charge is 0.206 e. The summed E-state index contributed by atoms with van der Waals surface area (Å²) in [5.74, 6) is -0.175. The van der Waals surface area contributed by atoms with E-state index in [-0.39, 0.29) is 5.95 Å². The second-order valence-electron chi connectivity index (χ2n) is 4.34. The molecular weight excluding hydrogens is 265 g/mol. The Labute approximate surface area is 114 Å². The number of anilines is 1. The molecule has 1 aromatic heterocycles. The lowest BCUT2D eigenvalue weighted by molar-refractivity contribution is 0.620. The van der Waals surface area contributed by atoms with E-state index in [0.29, 0.717) is 10.7 Å². The van der Waals surface area contributed by atoms with Gasteiger partial charge in [-0.2, -0.15) is 0 Å². The summed E-state index contributed by atoms with van der Waals surface area (Å²) in [6.45, 7) is 1.94. The van der Waals surface area contributed by atoms with Crippen molar-refractivity contribution in [3.63, 3.8) is 0 Å². The molecule has 0 saturated heterocycles. The minimum absolute atomic E-state index is 0.255. The number of para-hydroxylation sites is 1. The van der Waals surface area contributed by atoms with Crippen LogP contribution in [0.5, 0.6) is 0 Å². The van der Waals surface area contributed by atoms with Gasteiger partial charge in [0, 0.05) is 5.02 Å². The molecule has 96 valence electrons. The molecule has 0 aliphatic heterocycles. The van der Waals surface area contributed by atoms with Gasteiger partial charge in [0.25, 0.3) is 0 Å². The molecule has 0 fully saturated rings. The minimum atomic E-state index is -0.431. The first-order valence-electron chi connectivity index (χ1n) is 5.77. The Morgan fingerprint density at radius 2 is 2.05 bits per heavy atom. The Kier molecular flexibility index (Phi) is 2.68. The molecule has 3 nitrogen and oxygen atoms in total. The number of hydrogen-bond acceptors (Lipinski definition) is 2. The molecule has 2 N–H and O–H groups in total. The molecule has 0 aliphatic rings. The predicted octanol–water partition coefficient (Wildman–Crippen LogP) is 3.71. The van der Waals surface area contributed by atoms with Gasteiger partial charge in [0.1, 0.15) is 5.82 Å². The molecule has 3 aromatic rings. The van der Waals surface area contributed by atoms with E-state index in [1.807, 2.05) is 25.1 Å². The molecular formula is C14H11ClFN3. The Morgan fingerprint density at radius 3 is 2.79 bits per heavy atom. The lowest BCUT2D eigenvalue weighted by atomic mass is 10.2. The molecule has 19 heavy (non-hydrogen) atoms. The van der Waals surface area contributed by atoms with E-state index in [4.69, 9.17) is 17.3 Å². The van der Waals surface area contributed by atoms with Gasteiger partial charge in [0.2, 0.25) is 5.95 Å². The van der Waals surface area contributed by atoms with Crippen molar-refractivity contribution >= 4 is 28.6 Å². The summed E-state index contributed by atoms with van der Waals surface area (Å²) in [5.41, 5.74) is 8.80. The van der Waals surface area contributed by atoms with Crippen LogP contribution in [0.25, 0.3) is 16.7 Å². The Bertz CT molecular complexity index is 780. The summed E-state index contributed by atoms with van der Waals surface area (Å²) in [6.07, 6.45) is 0. The molecule has 0 radical (unpaired) electrons. The van der Waals surface area contributed by atoms with Crippen molar-refractivity contribution in [3.8, 4) is 5.69 Å². The number of fused-ring (bicyclic) bond motifs is 1. The summed E-state index contributed by atoms with van der Waals surface area (Å²) < 4.78 is 15.6. The average molecular weight is 276 g/mol. The van der Waals surface area contributed by atoms with Gasteiger partial charge >= 0.3 is 0 Å². The molecule has 0 atom stereocenters. The van der Waals surface area contributed by atoms with Gasteiger partial charge in [0.15, 0.2) is 0 Å². The van der Waals surface area contributed by atoms with Crippen LogP contribution in [-0.2, 0) is 0 Å². The van der Waals surface area contributed by atoms with Crippen LogP contribution in [0.1, 0.15) is 5.56 Å². The van der Waals surface area contributed by atoms with Crippen LogP contribution < -0.4 is 5.73 Å². The third kappa shape index (κ3) is 1.85. The van der Waals surface area contributed by atoms with Crippen molar-refractivity contribution in [1.29, 1.82) is 0 Å². The molecule has 3 rings (SSSR count). The highest BCUT2D eigenvalue weighted by Gasteiger charge is 2.14. The van der Waals surface area contributed by atoms with Crippen LogP contribution in [0.4, 0.5) is 10.3 Å². The van der Waals surface area contributed by atoms with Crippen LogP contribution in [0.15, 0.2) is 36.4 Å². The number of halogens is 2. The predicted molar refractivity (Wildman–Crippen MR) is 75.2 cm³/mol. The maximum absolute atomic E-state index is 14.0. The summed E-state index contributed by atoms with van der Waals surface area (Å²) in [6, 6.07) is 10.2. The molecule has 0 saturated carbocycles. The third-order valence-corrected chi connectivity index (χ3v) is 3.30. The van der Waals surface area contributed by atoms with E-state index in [0.717, 1.165) is 16.6 Å². The van der Waals surface area contributed by atoms with Gasteiger partial charge in [-0.05, 0) is 36.8 Å². The lowest BCUT2D eigenvalue weighted by Gasteiger charge is -2.08. The third-order valence-electron chi connectivity index (χ3n) is 3.06. The first-order chi connectivity index (χ1) is 9.08. The van der Waals surface area contributed by atoms with E-state index < -0.39 is 5.82 Å². The Hall–Kier alpha value is -2.07. The van der Waals surface area contributed by atoms with Gasteiger partial charge in [0.05, 0.1) is 16.7 Å². The molecule has 0 unspecified atom stereocenters. The van der Waals surface area contributed by atoms with Gasteiger partial charge < -0.3 is 5.73 Å². The van der Waals surface area contributed by atoms with Crippen LogP contribution in [0.3, 0.4) is 0 Å². The monoisotopic (exact) mass is 275 g/mol. The van der Waals surface area contributed by atoms with Gasteiger partial charge in [-0.15, -0.1) is 0 Å². The van der Waals surface area contributed by atoms with Crippen molar-refractivity contribution in [3.05, 3.63) is 52.8 Å². The zero-order valence-electron chi connectivity index (χ0n) is 10.2. The van der Waals surface area contributed by atoms with Crippen molar-refractivity contribution in [2.75, 3.05) is 5.73 Å². The Balaban J connectivity index is 2.36. The largest absolute Gasteiger partial charge is 0.369 e. The van der Waals surface area contributed by atoms with Crippen LogP contribution in [-0.4, -0.2) is 9.55 Å². The fraction of sp³-hybridized carbons (Fsp3) is 0.0714. The summed E-state index contributed by atoms with van der Waals surface area (Å²) in [4.78, 5) is 4.29. The maximum atomic E-state index is 14.0.